The zero-order chi connectivity index (χ0) is 63.0. The fourth-order valence-electron chi connectivity index (χ4n) is 16.0. The van der Waals surface area contributed by atoms with E-state index >= 15 is 0 Å². The monoisotopic (exact) mass is 1220 g/mol. The molecule has 6 heteroatoms. The van der Waals surface area contributed by atoms with Crippen LogP contribution >= 0.6 is 0 Å². The third kappa shape index (κ3) is 8.25. The fourth-order valence-corrected chi connectivity index (χ4v) is 16.0. The molecule has 446 valence electrons. The molecule has 3 aromatic heterocycles. The minimum absolute atomic E-state index is 0.281. The molecule has 0 aliphatic carbocycles. The highest BCUT2D eigenvalue weighted by Gasteiger charge is 2.46. The van der Waals surface area contributed by atoms with Gasteiger partial charge in [0.1, 0.15) is 11.2 Å². The Balaban J connectivity index is 0.946. The van der Waals surface area contributed by atoms with E-state index in [0.29, 0.717) is 0 Å². The van der Waals surface area contributed by atoms with Gasteiger partial charge in [0.05, 0.1) is 33.4 Å². The second kappa shape index (κ2) is 21.5. The van der Waals surface area contributed by atoms with Crippen molar-refractivity contribution < 1.29 is 4.42 Å². The summed E-state index contributed by atoms with van der Waals surface area (Å²) < 4.78 is 12.1. The smallest absolute Gasteiger partial charge is 0.252 e. The van der Waals surface area contributed by atoms with E-state index in [4.69, 9.17) is 4.42 Å². The first-order chi connectivity index (χ1) is 47.6. The first kappa shape index (κ1) is 54.0. The van der Waals surface area contributed by atoms with E-state index in [1.165, 1.54) is 60.2 Å². The summed E-state index contributed by atoms with van der Waals surface area (Å²) in [5.74, 6) is 0. The molecular formula is C90H57BN4O. The van der Waals surface area contributed by atoms with E-state index in [0.717, 1.165) is 123 Å². The summed E-state index contributed by atoms with van der Waals surface area (Å²) in [6.07, 6.45) is 0. The van der Waals surface area contributed by atoms with E-state index < -0.39 is 0 Å². The minimum Gasteiger partial charge on any atom is -0.455 e. The van der Waals surface area contributed by atoms with Gasteiger partial charge in [-0.3, -0.25) is 0 Å². The number of nitrogens with zero attached hydrogens (tertiary/aromatic N) is 4. The zero-order valence-electron chi connectivity index (χ0n) is 52.2. The molecule has 0 N–H and O–H groups in total. The van der Waals surface area contributed by atoms with Crippen molar-refractivity contribution in [3.8, 4) is 67.0 Å². The fraction of sp³-hybridized carbons (Fsp3) is 0. The second-order valence-electron chi connectivity index (χ2n) is 25.5. The van der Waals surface area contributed by atoms with E-state index in [2.05, 4.69) is 365 Å². The van der Waals surface area contributed by atoms with Gasteiger partial charge >= 0.3 is 0 Å². The maximum atomic E-state index is 7.09. The van der Waals surface area contributed by atoms with Gasteiger partial charge in [-0.2, -0.15) is 0 Å². The lowest BCUT2D eigenvalue weighted by Gasteiger charge is -2.45. The van der Waals surface area contributed by atoms with Crippen molar-refractivity contribution in [3.63, 3.8) is 0 Å². The molecule has 5 nitrogen and oxygen atoms in total. The highest BCUT2D eigenvalue weighted by atomic mass is 16.3. The molecule has 5 heterocycles. The van der Waals surface area contributed by atoms with Crippen molar-refractivity contribution in [3.05, 3.63) is 346 Å². The molecule has 0 unspecified atom stereocenters. The Morgan fingerprint density at radius 2 is 0.615 bits per heavy atom. The largest absolute Gasteiger partial charge is 0.455 e. The summed E-state index contributed by atoms with van der Waals surface area (Å²) in [5, 5.41) is 6.92. The Morgan fingerprint density at radius 1 is 0.229 bits per heavy atom. The Labute approximate surface area is 555 Å². The summed E-state index contributed by atoms with van der Waals surface area (Å²) in [4.78, 5) is 5.25. The Bertz CT molecular complexity index is 5820. The van der Waals surface area contributed by atoms with Gasteiger partial charge in [-0.15, -0.1) is 0 Å². The number of para-hydroxylation sites is 8. The van der Waals surface area contributed by atoms with Crippen LogP contribution in [0.15, 0.2) is 350 Å². The lowest BCUT2D eigenvalue weighted by atomic mass is 9.33. The topological polar surface area (TPSA) is 29.5 Å². The number of anilines is 6. The van der Waals surface area contributed by atoms with Crippen molar-refractivity contribution in [2.45, 2.75) is 0 Å². The van der Waals surface area contributed by atoms with Gasteiger partial charge in [0.2, 0.25) is 0 Å². The highest BCUT2D eigenvalue weighted by Crippen LogP contribution is 2.53. The number of hydrogen-bond acceptors (Lipinski definition) is 3. The predicted molar refractivity (Wildman–Crippen MR) is 404 cm³/mol. The summed E-state index contributed by atoms with van der Waals surface area (Å²) in [5.41, 5.74) is 30.1. The molecule has 2 aliphatic heterocycles. The van der Waals surface area contributed by atoms with Crippen molar-refractivity contribution >= 4 is 123 Å². The van der Waals surface area contributed by atoms with Crippen LogP contribution in [0.5, 0.6) is 0 Å². The van der Waals surface area contributed by atoms with Crippen LogP contribution in [0.3, 0.4) is 0 Å². The third-order valence-electron chi connectivity index (χ3n) is 20.3. The molecule has 2 aliphatic rings. The molecular weight excluding hydrogens is 1160 g/mol. The average Bonchev–Trinajstić information content (AvgIpc) is 1.10. The lowest BCUT2D eigenvalue weighted by Crippen LogP contribution is -2.61. The molecule has 15 aromatic carbocycles. The normalized spacial score (nSPS) is 12.5. The zero-order valence-corrected chi connectivity index (χ0v) is 52.2. The van der Waals surface area contributed by atoms with Gasteiger partial charge in [-0.05, 0) is 146 Å². The molecule has 0 fully saturated rings. The number of furan rings is 1. The van der Waals surface area contributed by atoms with Crippen molar-refractivity contribution in [1.82, 2.24) is 9.13 Å². The van der Waals surface area contributed by atoms with Gasteiger partial charge in [0, 0.05) is 83.1 Å². The van der Waals surface area contributed by atoms with Gasteiger partial charge in [0.15, 0.2) is 0 Å². The lowest BCUT2D eigenvalue weighted by molar-refractivity contribution is 0.670. The van der Waals surface area contributed by atoms with Gasteiger partial charge in [-0.25, -0.2) is 0 Å². The van der Waals surface area contributed by atoms with Crippen LogP contribution in [-0.4, -0.2) is 15.8 Å². The minimum atomic E-state index is -0.281. The first-order valence-corrected chi connectivity index (χ1v) is 33.1. The summed E-state index contributed by atoms with van der Waals surface area (Å²) in [6.45, 7) is -0.281. The van der Waals surface area contributed by atoms with E-state index in [1.54, 1.807) is 0 Å². The SMILES string of the molecule is c1ccc(-c2ccc(-c3ccccc3N3c4cc5c6ccccc6n(-c6ccccc6)c5cc4B4c5cc6c(cc5N(c5ccccc5-c5ccc(-c7ccccc7)cc5)c5cc(-c7cccc8c7oc7ccccc78)cc3c54)c3ccccc3n6-c3ccccc3)cc2)cc1. The van der Waals surface area contributed by atoms with Crippen LogP contribution < -0.4 is 26.2 Å². The van der Waals surface area contributed by atoms with E-state index in [9.17, 15) is 0 Å². The van der Waals surface area contributed by atoms with Crippen LogP contribution in [-0.2, 0) is 0 Å². The molecule has 0 radical (unpaired) electrons. The highest BCUT2D eigenvalue weighted by molar-refractivity contribution is 7.00. The van der Waals surface area contributed by atoms with Crippen LogP contribution in [0.4, 0.5) is 34.1 Å². The van der Waals surface area contributed by atoms with Gasteiger partial charge in [-0.1, -0.05) is 255 Å². The van der Waals surface area contributed by atoms with Crippen LogP contribution in [0.1, 0.15) is 0 Å². The summed E-state index contributed by atoms with van der Waals surface area (Å²) in [7, 11) is 0. The van der Waals surface area contributed by atoms with E-state index in [-0.39, 0.29) is 6.71 Å². The van der Waals surface area contributed by atoms with Gasteiger partial charge < -0.3 is 23.4 Å². The van der Waals surface area contributed by atoms with Crippen molar-refractivity contribution in [1.29, 1.82) is 0 Å². The number of fused-ring (bicyclic) bond motifs is 13. The van der Waals surface area contributed by atoms with Crippen LogP contribution in [0.25, 0.3) is 133 Å². The van der Waals surface area contributed by atoms with Gasteiger partial charge in [0.25, 0.3) is 6.71 Å². The molecule has 96 heavy (non-hydrogen) atoms. The molecule has 20 rings (SSSR count). The Morgan fingerprint density at radius 3 is 1.11 bits per heavy atom. The Hall–Kier alpha value is -12.6. The first-order valence-electron chi connectivity index (χ1n) is 33.1. The third-order valence-corrected chi connectivity index (χ3v) is 20.3. The standard InChI is InChI=1S/C90H57BN4O/c1-5-24-58(25-6-1)60-44-48-62(49-45-60)67-32-13-18-39-78(67)94-84-54-74-70-34-15-20-41-80(70)92(65-28-9-3-10-29-65)82(74)56-76(84)91-77-57-83-75(71-35-16-21-42-81(71)93(83)66-30-11-4-12-31-66)55-85(77)95(79-40-19-14-33-68(79)63-50-46-61(47-51-63)59-26-7-2-8-27-59)87-53-64(52-86(94)89(87)91)69-37-23-38-73-72-36-17-22-43-88(72)96-90(69)73/h1-57H. The predicted octanol–water partition coefficient (Wildman–Crippen LogP) is 22.2. The van der Waals surface area contributed by atoms with E-state index in [1.807, 2.05) is 0 Å². The maximum absolute atomic E-state index is 7.09. The number of rotatable bonds is 9. The van der Waals surface area contributed by atoms with Crippen LogP contribution in [0, 0.1) is 0 Å². The molecule has 0 bridgehead atoms. The molecule has 0 amide bonds. The molecule has 0 atom stereocenters. The molecule has 0 saturated carbocycles. The average molecular weight is 1220 g/mol. The number of benzene rings is 15. The van der Waals surface area contributed by atoms with Crippen molar-refractivity contribution in [2.24, 2.45) is 0 Å². The quantitative estimate of drug-likeness (QED) is 0.135. The molecule has 0 spiro atoms. The van der Waals surface area contributed by atoms with Crippen LogP contribution in [0.2, 0.25) is 0 Å². The summed E-state index contributed by atoms with van der Waals surface area (Å²) in [6, 6.07) is 128. The molecule has 18 aromatic rings. The van der Waals surface area contributed by atoms with Crippen molar-refractivity contribution in [2.75, 3.05) is 9.80 Å². The summed E-state index contributed by atoms with van der Waals surface area (Å²) >= 11 is 0. The number of hydrogen-bond donors (Lipinski definition) is 0. The second-order valence-corrected chi connectivity index (χ2v) is 25.5. The maximum Gasteiger partial charge on any atom is 0.252 e. The number of aromatic nitrogens is 2. The molecule has 0 saturated heterocycles. The Kier molecular flexibility index (Phi) is 12.1.